The summed E-state index contributed by atoms with van der Waals surface area (Å²) in [7, 11) is 0. The number of hydrogen-bond donors (Lipinski definition) is 1. The van der Waals surface area contributed by atoms with Gasteiger partial charge in [0, 0.05) is 11.6 Å². The standard InChI is InChI=1S/C13H16FN5O/c1-3-9(2)15-12(20)8-19-17-13(16-18-19)10-5-4-6-11(14)7-10/h4-7,9H,3,8H2,1-2H3,(H,15,20)/t9-/m1/s1. The number of hydrogen-bond acceptors (Lipinski definition) is 4. The third-order valence-corrected chi connectivity index (χ3v) is 2.84. The molecule has 1 N–H and O–H groups in total. The van der Waals surface area contributed by atoms with Crippen molar-refractivity contribution < 1.29 is 9.18 Å². The predicted octanol–water partition coefficient (Wildman–Crippen LogP) is 1.39. The summed E-state index contributed by atoms with van der Waals surface area (Å²) in [6, 6.07) is 6.02. The lowest BCUT2D eigenvalue weighted by Gasteiger charge is -2.10. The molecule has 0 aliphatic rings. The van der Waals surface area contributed by atoms with E-state index in [4.69, 9.17) is 0 Å². The normalized spacial score (nSPS) is 12.2. The van der Waals surface area contributed by atoms with E-state index in [1.54, 1.807) is 12.1 Å². The highest BCUT2D eigenvalue weighted by Crippen LogP contribution is 2.14. The maximum Gasteiger partial charge on any atom is 0.243 e. The Hall–Kier alpha value is -2.31. The van der Waals surface area contributed by atoms with Gasteiger partial charge in [0.2, 0.25) is 11.7 Å². The summed E-state index contributed by atoms with van der Waals surface area (Å²) in [5.74, 6) is -0.253. The molecule has 1 aromatic carbocycles. The molecule has 0 aliphatic heterocycles. The van der Waals surface area contributed by atoms with Crippen molar-refractivity contribution in [3.8, 4) is 11.4 Å². The van der Waals surface area contributed by atoms with Crippen molar-refractivity contribution >= 4 is 5.91 Å². The monoisotopic (exact) mass is 277 g/mol. The van der Waals surface area contributed by atoms with Crippen LogP contribution in [0.2, 0.25) is 0 Å². The highest BCUT2D eigenvalue weighted by molar-refractivity contribution is 5.75. The van der Waals surface area contributed by atoms with Gasteiger partial charge in [-0.15, -0.1) is 10.2 Å². The lowest BCUT2D eigenvalue weighted by Crippen LogP contribution is -2.35. The van der Waals surface area contributed by atoms with Crippen LogP contribution in [-0.2, 0) is 11.3 Å². The van der Waals surface area contributed by atoms with Gasteiger partial charge >= 0.3 is 0 Å². The molecule has 0 saturated carbocycles. The van der Waals surface area contributed by atoms with E-state index in [0.29, 0.717) is 11.4 Å². The van der Waals surface area contributed by atoms with Crippen molar-refractivity contribution in [3.63, 3.8) is 0 Å². The maximum atomic E-state index is 13.1. The van der Waals surface area contributed by atoms with Gasteiger partial charge in [-0.3, -0.25) is 4.79 Å². The second-order valence-corrected chi connectivity index (χ2v) is 4.53. The highest BCUT2D eigenvalue weighted by atomic mass is 19.1. The van der Waals surface area contributed by atoms with Crippen molar-refractivity contribution in [1.82, 2.24) is 25.5 Å². The van der Waals surface area contributed by atoms with Crippen LogP contribution in [0.15, 0.2) is 24.3 Å². The third-order valence-electron chi connectivity index (χ3n) is 2.84. The molecule has 7 heteroatoms. The second kappa shape index (κ2) is 6.23. The number of amides is 1. The molecule has 1 aromatic heterocycles. The first-order valence-corrected chi connectivity index (χ1v) is 6.41. The first-order chi connectivity index (χ1) is 9.58. The Morgan fingerprint density at radius 1 is 1.50 bits per heavy atom. The Morgan fingerprint density at radius 2 is 2.30 bits per heavy atom. The molecular formula is C13H16FN5O. The minimum Gasteiger partial charge on any atom is -0.352 e. The summed E-state index contributed by atoms with van der Waals surface area (Å²) < 4.78 is 13.1. The zero-order valence-electron chi connectivity index (χ0n) is 11.4. The van der Waals surface area contributed by atoms with Crippen molar-refractivity contribution in [2.24, 2.45) is 0 Å². The van der Waals surface area contributed by atoms with E-state index in [1.165, 1.54) is 16.9 Å². The Balaban J connectivity index is 2.04. The Morgan fingerprint density at radius 3 is 3.00 bits per heavy atom. The first kappa shape index (κ1) is 14.1. The molecule has 6 nitrogen and oxygen atoms in total. The number of carbonyl (C=O) groups excluding carboxylic acids is 1. The molecule has 0 spiro atoms. The zero-order chi connectivity index (χ0) is 14.5. The van der Waals surface area contributed by atoms with Crippen molar-refractivity contribution in [3.05, 3.63) is 30.1 Å². The summed E-state index contributed by atoms with van der Waals surface area (Å²) in [5.41, 5.74) is 0.526. The van der Waals surface area contributed by atoms with E-state index in [-0.39, 0.29) is 24.3 Å². The van der Waals surface area contributed by atoms with E-state index in [2.05, 4.69) is 20.7 Å². The molecule has 0 aliphatic carbocycles. The van der Waals surface area contributed by atoms with Gasteiger partial charge in [-0.1, -0.05) is 19.1 Å². The molecule has 0 radical (unpaired) electrons. The number of aromatic nitrogens is 4. The van der Waals surface area contributed by atoms with E-state index in [9.17, 15) is 9.18 Å². The topological polar surface area (TPSA) is 72.7 Å². The second-order valence-electron chi connectivity index (χ2n) is 4.53. The van der Waals surface area contributed by atoms with Crippen LogP contribution in [0, 0.1) is 5.82 Å². The molecule has 0 fully saturated rings. The Kier molecular flexibility index (Phi) is 4.39. The third kappa shape index (κ3) is 3.59. The van der Waals surface area contributed by atoms with Crippen LogP contribution in [0.4, 0.5) is 4.39 Å². The van der Waals surface area contributed by atoms with Crippen molar-refractivity contribution in [1.29, 1.82) is 0 Å². The number of rotatable bonds is 5. The van der Waals surface area contributed by atoms with Crippen LogP contribution >= 0.6 is 0 Å². The summed E-state index contributed by atoms with van der Waals surface area (Å²) in [5, 5.41) is 14.5. The minimum absolute atomic E-state index is 0.00729. The lowest BCUT2D eigenvalue weighted by atomic mass is 10.2. The fraction of sp³-hybridized carbons (Fsp3) is 0.385. The average molecular weight is 277 g/mol. The van der Waals surface area contributed by atoms with Crippen LogP contribution in [-0.4, -0.2) is 32.2 Å². The highest BCUT2D eigenvalue weighted by Gasteiger charge is 2.11. The molecule has 1 amide bonds. The molecule has 106 valence electrons. The van der Waals surface area contributed by atoms with Gasteiger partial charge < -0.3 is 5.32 Å². The van der Waals surface area contributed by atoms with Gasteiger partial charge in [-0.05, 0) is 30.7 Å². The molecule has 2 aromatic rings. The average Bonchev–Trinajstić information content (AvgIpc) is 2.87. The maximum absolute atomic E-state index is 13.1. The van der Waals surface area contributed by atoms with Crippen LogP contribution in [0.25, 0.3) is 11.4 Å². The fourth-order valence-electron chi connectivity index (χ4n) is 1.60. The molecule has 0 saturated heterocycles. The van der Waals surface area contributed by atoms with Crippen LogP contribution in [0.3, 0.4) is 0 Å². The summed E-state index contributed by atoms with van der Waals surface area (Å²) in [6.45, 7) is 3.90. The SMILES string of the molecule is CC[C@@H](C)NC(=O)Cn1nnc(-c2cccc(F)c2)n1. The summed E-state index contributed by atoms with van der Waals surface area (Å²) >= 11 is 0. The number of halogens is 1. The van der Waals surface area contributed by atoms with Gasteiger partial charge in [-0.25, -0.2) is 4.39 Å². The Labute approximate surface area is 116 Å². The van der Waals surface area contributed by atoms with E-state index in [0.717, 1.165) is 6.42 Å². The molecule has 1 heterocycles. The van der Waals surface area contributed by atoms with E-state index in [1.807, 2.05) is 13.8 Å². The van der Waals surface area contributed by atoms with Gasteiger partial charge in [0.1, 0.15) is 12.4 Å². The van der Waals surface area contributed by atoms with Crippen molar-refractivity contribution in [2.45, 2.75) is 32.9 Å². The van der Waals surface area contributed by atoms with Crippen LogP contribution in [0.1, 0.15) is 20.3 Å². The largest absolute Gasteiger partial charge is 0.352 e. The van der Waals surface area contributed by atoms with Crippen molar-refractivity contribution in [2.75, 3.05) is 0 Å². The van der Waals surface area contributed by atoms with Gasteiger partial charge in [0.05, 0.1) is 0 Å². The van der Waals surface area contributed by atoms with E-state index < -0.39 is 0 Å². The summed E-state index contributed by atoms with van der Waals surface area (Å²) in [4.78, 5) is 12.9. The molecular weight excluding hydrogens is 261 g/mol. The van der Waals surface area contributed by atoms with Crippen LogP contribution in [0.5, 0.6) is 0 Å². The molecule has 20 heavy (non-hydrogen) atoms. The number of carbonyl (C=O) groups is 1. The summed E-state index contributed by atoms with van der Waals surface area (Å²) in [6.07, 6.45) is 0.852. The van der Waals surface area contributed by atoms with E-state index >= 15 is 0 Å². The number of tetrazole rings is 1. The zero-order valence-corrected chi connectivity index (χ0v) is 11.4. The number of benzene rings is 1. The van der Waals surface area contributed by atoms with Gasteiger partial charge in [0.25, 0.3) is 0 Å². The van der Waals surface area contributed by atoms with Gasteiger partial charge in [-0.2, -0.15) is 4.80 Å². The first-order valence-electron chi connectivity index (χ1n) is 6.41. The predicted molar refractivity (Wildman–Crippen MR) is 71.1 cm³/mol. The van der Waals surface area contributed by atoms with Crippen LogP contribution < -0.4 is 5.32 Å². The quantitative estimate of drug-likeness (QED) is 0.896. The molecule has 2 rings (SSSR count). The molecule has 0 unspecified atom stereocenters. The minimum atomic E-state index is -0.367. The lowest BCUT2D eigenvalue weighted by molar-refractivity contribution is -0.122. The van der Waals surface area contributed by atoms with Gasteiger partial charge in [0.15, 0.2) is 0 Å². The molecule has 1 atom stereocenters. The number of nitrogens with zero attached hydrogens (tertiary/aromatic N) is 4. The fourth-order valence-corrected chi connectivity index (χ4v) is 1.60. The number of nitrogens with one attached hydrogen (secondary N) is 1. The smallest absolute Gasteiger partial charge is 0.243 e. The molecule has 0 bridgehead atoms. The Bertz CT molecular complexity index is 598.